The van der Waals surface area contributed by atoms with Crippen molar-refractivity contribution in [1.82, 2.24) is 5.32 Å². The predicted octanol–water partition coefficient (Wildman–Crippen LogP) is 3.18. The molecule has 2 aromatic rings. The Morgan fingerprint density at radius 3 is 2.33 bits per heavy atom. The Morgan fingerprint density at radius 2 is 1.76 bits per heavy atom. The van der Waals surface area contributed by atoms with Gasteiger partial charge in [-0.05, 0) is 36.8 Å². The Balaban J connectivity index is 2.18. The normalized spacial score (nSPS) is 12.0. The average molecular weight is 294 g/mol. The van der Waals surface area contributed by atoms with Crippen LogP contribution in [0.1, 0.15) is 28.9 Å². The molecule has 1 atom stereocenters. The van der Waals surface area contributed by atoms with Gasteiger partial charge in [0.2, 0.25) is 0 Å². The quantitative estimate of drug-likeness (QED) is 0.675. The molecular formula is C15H13F3N2O. The molecule has 0 aliphatic heterocycles. The van der Waals surface area contributed by atoms with Gasteiger partial charge in [0.15, 0.2) is 17.5 Å². The first kappa shape index (κ1) is 14.9. The van der Waals surface area contributed by atoms with Crippen LogP contribution >= 0.6 is 0 Å². The molecule has 1 amide bonds. The van der Waals surface area contributed by atoms with Crippen molar-refractivity contribution in [3.63, 3.8) is 0 Å². The number of hydrogen-bond donors (Lipinski definition) is 2. The standard InChI is InChI=1S/C15H13F3N2O/c1-8(9-3-2-4-11(19)5-9)20-15(21)10-6-12(16)14(18)13(17)7-10/h2-8H,19H2,1H3,(H,20,21). The Hall–Kier alpha value is -2.50. The minimum atomic E-state index is -1.60. The largest absolute Gasteiger partial charge is 0.399 e. The van der Waals surface area contributed by atoms with Crippen molar-refractivity contribution in [2.75, 3.05) is 5.73 Å². The van der Waals surface area contributed by atoms with Crippen LogP contribution in [0.15, 0.2) is 36.4 Å². The van der Waals surface area contributed by atoms with Crippen molar-refractivity contribution < 1.29 is 18.0 Å². The number of halogens is 3. The van der Waals surface area contributed by atoms with E-state index < -0.39 is 29.4 Å². The zero-order valence-corrected chi connectivity index (χ0v) is 11.2. The summed E-state index contributed by atoms with van der Waals surface area (Å²) < 4.78 is 39.1. The molecule has 0 aliphatic rings. The number of rotatable bonds is 3. The van der Waals surface area contributed by atoms with E-state index in [1.165, 1.54) is 0 Å². The SMILES string of the molecule is CC(NC(=O)c1cc(F)c(F)c(F)c1)c1cccc(N)c1. The van der Waals surface area contributed by atoms with Gasteiger partial charge in [-0.1, -0.05) is 12.1 Å². The number of nitrogens with one attached hydrogen (secondary N) is 1. The number of anilines is 1. The zero-order valence-electron chi connectivity index (χ0n) is 11.2. The van der Waals surface area contributed by atoms with E-state index in [1.807, 2.05) is 0 Å². The van der Waals surface area contributed by atoms with Crippen molar-refractivity contribution in [2.45, 2.75) is 13.0 Å². The first-order valence-electron chi connectivity index (χ1n) is 6.19. The van der Waals surface area contributed by atoms with Gasteiger partial charge in [0.25, 0.3) is 5.91 Å². The van der Waals surface area contributed by atoms with Gasteiger partial charge in [-0.25, -0.2) is 13.2 Å². The summed E-state index contributed by atoms with van der Waals surface area (Å²) in [6.45, 7) is 1.70. The number of nitrogen functional groups attached to an aromatic ring is 1. The molecule has 0 saturated heterocycles. The Kier molecular flexibility index (Phi) is 4.16. The van der Waals surface area contributed by atoms with Crippen molar-refractivity contribution >= 4 is 11.6 Å². The lowest BCUT2D eigenvalue weighted by molar-refractivity contribution is 0.0938. The van der Waals surface area contributed by atoms with Gasteiger partial charge >= 0.3 is 0 Å². The van der Waals surface area contributed by atoms with E-state index in [4.69, 9.17) is 5.73 Å². The Labute approximate surface area is 119 Å². The minimum absolute atomic E-state index is 0.290. The van der Waals surface area contributed by atoms with Gasteiger partial charge in [-0.2, -0.15) is 0 Å². The lowest BCUT2D eigenvalue weighted by Crippen LogP contribution is -2.27. The molecule has 0 bridgehead atoms. The molecule has 21 heavy (non-hydrogen) atoms. The molecule has 2 rings (SSSR count). The second kappa shape index (κ2) is 5.87. The smallest absolute Gasteiger partial charge is 0.251 e. The zero-order chi connectivity index (χ0) is 15.6. The van der Waals surface area contributed by atoms with Gasteiger partial charge in [-0.15, -0.1) is 0 Å². The van der Waals surface area contributed by atoms with Gasteiger partial charge in [-0.3, -0.25) is 4.79 Å². The summed E-state index contributed by atoms with van der Waals surface area (Å²) in [6, 6.07) is 7.74. The van der Waals surface area contributed by atoms with Crippen LogP contribution in [-0.2, 0) is 0 Å². The topological polar surface area (TPSA) is 55.1 Å². The highest BCUT2D eigenvalue weighted by atomic mass is 19.2. The van der Waals surface area contributed by atoms with E-state index >= 15 is 0 Å². The van der Waals surface area contributed by atoms with E-state index in [0.29, 0.717) is 17.8 Å². The Morgan fingerprint density at radius 1 is 1.14 bits per heavy atom. The number of carbonyl (C=O) groups excluding carboxylic acids is 1. The van der Waals surface area contributed by atoms with Crippen molar-refractivity contribution in [3.05, 3.63) is 65.0 Å². The lowest BCUT2D eigenvalue weighted by atomic mass is 10.1. The van der Waals surface area contributed by atoms with E-state index in [2.05, 4.69) is 5.32 Å². The highest BCUT2D eigenvalue weighted by Crippen LogP contribution is 2.17. The number of benzene rings is 2. The molecule has 0 radical (unpaired) electrons. The fraction of sp³-hybridized carbons (Fsp3) is 0.133. The molecule has 0 spiro atoms. The lowest BCUT2D eigenvalue weighted by Gasteiger charge is -2.15. The van der Waals surface area contributed by atoms with Gasteiger partial charge in [0, 0.05) is 11.3 Å². The first-order chi connectivity index (χ1) is 9.88. The van der Waals surface area contributed by atoms with Crippen LogP contribution < -0.4 is 11.1 Å². The summed E-state index contributed by atoms with van der Waals surface area (Å²) in [4.78, 5) is 11.9. The van der Waals surface area contributed by atoms with Crippen LogP contribution in [-0.4, -0.2) is 5.91 Å². The van der Waals surface area contributed by atoms with E-state index in [-0.39, 0.29) is 5.56 Å². The molecule has 0 saturated carbocycles. The van der Waals surface area contributed by atoms with E-state index in [1.54, 1.807) is 31.2 Å². The minimum Gasteiger partial charge on any atom is -0.399 e. The van der Waals surface area contributed by atoms with E-state index in [0.717, 1.165) is 5.56 Å². The first-order valence-corrected chi connectivity index (χ1v) is 6.19. The molecular weight excluding hydrogens is 281 g/mol. The summed E-state index contributed by atoms with van der Waals surface area (Å²) in [5.41, 5.74) is 6.63. The molecule has 0 aliphatic carbocycles. The average Bonchev–Trinajstić information content (AvgIpc) is 2.44. The van der Waals surface area contributed by atoms with Crippen LogP contribution in [0.3, 0.4) is 0 Å². The second-order valence-electron chi connectivity index (χ2n) is 4.62. The maximum absolute atomic E-state index is 13.1. The molecule has 1 unspecified atom stereocenters. The van der Waals surface area contributed by atoms with Crippen LogP contribution in [0.25, 0.3) is 0 Å². The molecule has 3 N–H and O–H groups in total. The number of nitrogens with two attached hydrogens (primary N) is 1. The summed E-state index contributed by atoms with van der Waals surface area (Å²) >= 11 is 0. The molecule has 6 heteroatoms. The van der Waals surface area contributed by atoms with Gasteiger partial charge in [0.1, 0.15) is 0 Å². The predicted molar refractivity (Wildman–Crippen MR) is 73.1 cm³/mol. The third-order valence-corrected chi connectivity index (χ3v) is 3.00. The highest BCUT2D eigenvalue weighted by Gasteiger charge is 2.17. The summed E-state index contributed by atoms with van der Waals surface area (Å²) in [7, 11) is 0. The van der Waals surface area contributed by atoms with Gasteiger partial charge in [0.05, 0.1) is 6.04 Å². The maximum Gasteiger partial charge on any atom is 0.251 e. The van der Waals surface area contributed by atoms with Crippen LogP contribution in [0, 0.1) is 17.5 Å². The van der Waals surface area contributed by atoms with Crippen molar-refractivity contribution in [3.8, 4) is 0 Å². The second-order valence-corrected chi connectivity index (χ2v) is 4.62. The summed E-state index contributed by atoms with van der Waals surface area (Å²) in [6.07, 6.45) is 0. The fourth-order valence-corrected chi connectivity index (χ4v) is 1.88. The monoisotopic (exact) mass is 294 g/mol. The van der Waals surface area contributed by atoms with Gasteiger partial charge < -0.3 is 11.1 Å². The Bertz CT molecular complexity index is 665. The molecule has 0 fully saturated rings. The van der Waals surface area contributed by atoms with Crippen LogP contribution in [0.5, 0.6) is 0 Å². The molecule has 110 valence electrons. The molecule has 2 aromatic carbocycles. The third kappa shape index (κ3) is 3.34. The number of amides is 1. The van der Waals surface area contributed by atoms with Crippen molar-refractivity contribution in [2.24, 2.45) is 0 Å². The number of carbonyl (C=O) groups is 1. The van der Waals surface area contributed by atoms with E-state index in [9.17, 15) is 18.0 Å². The molecule has 3 nitrogen and oxygen atoms in total. The summed E-state index contributed by atoms with van der Waals surface area (Å²) in [5, 5.41) is 2.56. The molecule has 0 aromatic heterocycles. The van der Waals surface area contributed by atoms with Crippen LogP contribution in [0.4, 0.5) is 18.9 Å². The molecule has 0 heterocycles. The van der Waals surface area contributed by atoms with Crippen molar-refractivity contribution in [1.29, 1.82) is 0 Å². The fourth-order valence-electron chi connectivity index (χ4n) is 1.88. The number of hydrogen-bond acceptors (Lipinski definition) is 2. The highest BCUT2D eigenvalue weighted by molar-refractivity contribution is 5.94. The summed E-state index contributed by atoms with van der Waals surface area (Å²) in [5.74, 6) is -5.12. The third-order valence-electron chi connectivity index (χ3n) is 3.00. The van der Waals surface area contributed by atoms with Crippen LogP contribution in [0.2, 0.25) is 0 Å². The maximum atomic E-state index is 13.1.